The molecule has 1 heterocycles. The molecule has 0 saturated heterocycles. The van der Waals surface area contributed by atoms with E-state index in [1.54, 1.807) is 7.05 Å². The van der Waals surface area contributed by atoms with Gasteiger partial charge in [-0.05, 0) is 31.6 Å². The molecule has 1 rings (SSSR count). The van der Waals surface area contributed by atoms with Gasteiger partial charge >= 0.3 is 0 Å². The van der Waals surface area contributed by atoms with Crippen molar-refractivity contribution < 1.29 is 0 Å². The van der Waals surface area contributed by atoms with Crippen molar-refractivity contribution in [2.75, 3.05) is 13.1 Å². The Morgan fingerprint density at radius 1 is 1.33 bits per heavy atom. The second kappa shape index (κ2) is 6.24. The van der Waals surface area contributed by atoms with E-state index in [4.69, 9.17) is 5.73 Å². The van der Waals surface area contributed by atoms with Crippen molar-refractivity contribution >= 4 is 0 Å². The Morgan fingerprint density at radius 3 is 2.33 bits per heavy atom. The van der Waals surface area contributed by atoms with E-state index < -0.39 is 0 Å². The van der Waals surface area contributed by atoms with Crippen molar-refractivity contribution in [1.29, 1.82) is 0 Å². The fourth-order valence-corrected chi connectivity index (χ4v) is 2.49. The van der Waals surface area contributed by atoms with Crippen LogP contribution in [0.3, 0.4) is 0 Å². The molecule has 0 aliphatic rings. The van der Waals surface area contributed by atoms with Crippen molar-refractivity contribution in [2.45, 2.75) is 52.1 Å². The van der Waals surface area contributed by atoms with Gasteiger partial charge in [-0.1, -0.05) is 20.8 Å². The van der Waals surface area contributed by atoms with E-state index >= 15 is 0 Å². The van der Waals surface area contributed by atoms with E-state index in [2.05, 4.69) is 48.0 Å². The molecular formula is C12H26N6. The summed E-state index contributed by atoms with van der Waals surface area (Å²) >= 11 is 0. The minimum absolute atomic E-state index is 0.00611. The number of nitrogens with zero attached hydrogens (tertiary/aromatic N) is 5. The standard InChI is InChI=1S/C12H26N6/c1-6-12(4,18(7-2)8-3)10(13)9-11-14-16-17(5)15-11/h10H,6-9,13H2,1-5H3. The predicted octanol–water partition coefficient (Wildman–Crippen LogP) is 0.590. The number of likely N-dealkylation sites (N-methyl/N-ethyl adjacent to an activating group) is 1. The Hall–Kier alpha value is -1.01. The maximum absolute atomic E-state index is 6.40. The summed E-state index contributed by atoms with van der Waals surface area (Å²) in [7, 11) is 1.77. The molecule has 0 saturated carbocycles. The highest BCUT2D eigenvalue weighted by Crippen LogP contribution is 2.23. The van der Waals surface area contributed by atoms with Gasteiger partial charge in [0.25, 0.3) is 0 Å². The first-order valence-corrected chi connectivity index (χ1v) is 6.71. The fourth-order valence-electron chi connectivity index (χ4n) is 2.49. The summed E-state index contributed by atoms with van der Waals surface area (Å²) in [6.07, 6.45) is 1.67. The lowest BCUT2D eigenvalue weighted by Crippen LogP contribution is -2.58. The lowest BCUT2D eigenvalue weighted by atomic mass is 9.85. The number of hydrogen-bond acceptors (Lipinski definition) is 5. The Kier molecular flexibility index (Phi) is 5.22. The zero-order valence-corrected chi connectivity index (χ0v) is 12.2. The lowest BCUT2D eigenvalue weighted by molar-refractivity contribution is 0.0838. The minimum atomic E-state index is -0.0251. The molecule has 104 valence electrons. The molecular weight excluding hydrogens is 228 g/mol. The second-order valence-electron chi connectivity index (χ2n) is 4.89. The van der Waals surface area contributed by atoms with E-state index in [0.717, 1.165) is 25.3 Å². The van der Waals surface area contributed by atoms with Crippen LogP contribution in [0.2, 0.25) is 0 Å². The smallest absolute Gasteiger partial charge is 0.176 e. The summed E-state index contributed by atoms with van der Waals surface area (Å²) in [5, 5.41) is 12.1. The van der Waals surface area contributed by atoms with Gasteiger partial charge in [0.1, 0.15) is 0 Å². The van der Waals surface area contributed by atoms with Gasteiger partial charge in [0.05, 0.1) is 7.05 Å². The van der Waals surface area contributed by atoms with Crippen LogP contribution >= 0.6 is 0 Å². The van der Waals surface area contributed by atoms with Crippen molar-refractivity contribution in [3.63, 3.8) is 0 Å². The average Bonchev–Trinajstić information content (AvgIpc) is 2.75. The summed E-state index contributed by atoms with van der Waals surface area (Å²) in [6, 6.07) is 0.00611. The van der Waals surface area contributed by atoms with Crippen LogP contribution in [0, 0.1) is 0 Å². The number of hydrogen-bond donors (Lipinski definition) is 1. The minimum Gasteiger partial charge on any atom is -0.326 e. The van der Waals surface area contributed by atoms with Gasteiger partial charge in [0.15, 0.2) is 5.82 Å². The van der Waals surface area contributed by atoms with Gasteiger partial charge in [-0.25, -0.2) is 0 Å². The number of aryl methyl sites for hydroxylation is 1. The topological polar surface area (TPSA) is 72.9 Å². The molecule has 1 aromatic rings. The summed E-state index contributed by atoms with van der Waals surface area (Å²) in [4.78, 5) is 3.89. The zero-order valence-electron chi connectivity index (χ0n) is 12.2. The third-order valence-corrected chi connectivity index (χ3v) is 3.95. The van der Waals surface area contributed by atoms with Crippen molar-refractivity contribution in [1.82, 2.24) is 25.1 Å². The van der Waals surface area contributed by atoms with Crippen molar-refractivity contribution in [3.8, 4) is 0 Å². The predicted molar refractivity (Wildman–Crippen MR) is 72.1 cm³/mol. The highest BCUT2D eigenvalue weighted by molar-refractivity contribution is 4.98. The van der Waals surface area contributed by atoms with E-state index in [1.807, 2.05) is 0 Å². The fraction of sp³-hybridized carbons (Fsp3) is 0.917. The summed E-state index contributed by atoms with van der Waals surface area (Å²) < 4.78 is 0. The van der Waals surface area contributed by atoms with Crippen molar-refractivity contribution in [3.05, 3.63) is 5.82 Å². The normalized spacial score (nSPS) is 16.8. The molecule has 0 spiro atoms. The molecule has 2 N–H and O–H groups in total. The zero-order chi connectivity index (χ0) is 13.8. The van der Waals surface area contributed by atoms with Crippen LogP contribution in [-0.4, -0.2) is 49.8 Å². The Bertz CT molecular complexity index is 359. The Balaban J connectivity index is 2.80. The first-order chi connectivity index (χ1) is 8.47. The molecule has 0 radical (unpaired) electrons. The van der Waals surface area contributed by atoms with Gasteiger partial charge in [-0.2, -0.15) is 4.80 Å². The third kappa shape index (κ3) is 3.05. The number of tetrazole rings is 1. The Labute approximate surface area is 110 Å². The molecule has 6 heteroatoms. The van der Waals surface area contributed by atoms with E-state index in [-0.39, 0.29) is 11.6 Å². The first kappa shape index (κ1) is 15.0. The molecule has 0 fully saturated rings. The van der Waals surface area contributed by atoms with Gasteiger partial charge in [-0.3, -0.25) is 4.90 Å². The highest BCUT2D eigenvalue weighted by Gasteiger charge is 2.35. The second-order valence-corrected chi connectivity index (χ2v) is 4.89. The van der Waals surface area contributed by atoms with Crippen LogP contribution < -0.4 is 5.73 Å². The van der Waals surface area contributed by atoms with Gasteiger partial charge in [0.2, 0.25) is 0 Å². The largest absolute Gasteiger partial charge is 0.326 e. The molecule has 0 aliphatic carbocycles. The SMILES string of the molecule is CCN(CC)C(C)(CC)C(N)Cc1nnn(C)n1. The van der Waals surface area contributed by atoms with Crippen LogP contribution in [0.15, 0.2) is 0 Å². The molecule has 0 amide bonds. The molecule has 2 unspecified atom stereocenters. The van der Waals surface area contributed by atoms with Crippen LogP contribution in [0.1, 0.15) is 39.9 Å². The monoisotopic (exact) mass is 254 g/mol. The number of rotatable bonds is 7. The third-order valence-electron chi connectivity index (χ3n) is 3.95. The van der Waals surface area contributed by atoms with E-state index in [1.165, 1.54) is 4.80 Å². The molecule has 0 aromatic carbocycles. The summed E-state index contributed by atoms with van der Waals surface area (Å²) in [5.74, 6) is 0.719. The van der Waals surface area contributed by atoms with Crippen molar-refractivity contribution in [2.24, 2.45) is 12.8 Å². The first-order valence-electron chi connectivity index (χ1n) is 6.71. The maximum atomic E-state index is 6.40. The number of nitrogens with two attached hydrogens (primary N) is 1. The maximum Gasteiger partial charge on any atom is 0.176 e. The quantitative estimate of drug-likeness (QED) is 0.771. The highest BCUT2D eigenvalue weighted by atomic mass is 15.6. The molecule has 0 bridgehead atoms. The van der Waals surface area contributed by atoms with Crippen LogP contribution in [0.5, 0.6) is 0 Å². The van der Waals surface area contributed by atoms with Gasteiger partial charge in [0, 0.05) is 18.0 Å². The van der Waals surface area contributed by atoms with E-state index in [9.17, 15) is 0 Å². The van der Waals surface area contributed by atoms with Crippen LogP contribution in [0.4, 0.5) is 0 Å². The molecule has 0 aliphatic heterocycles. The van der Waals surface area contributed by atoms with Gasteiger partial charge in [-0.15, -0.1) is 10.2 Å². The molecule has 1 aromatic heterocycles. The summed E-state index contributed by atoms with van der Waals surface area (Å²) in [5.41, 5.74) is 6.37. The van der Waals surface area contributed by atoms with Crippen LogP contribution in [-0.2, 0) is 13.5 Å². The number of aromatic nitrogens is 4. The summed E-state index contributed by atoms with van der Waals surface area (Å²) in [6.45, 7) is 10.8. The Morgan fingerprint density at radius 2 is 1.94 bits per heavy atom. The van der Waals surface area contributed by atoms with E-state index in [0.29, 0.717) is 6.42 Å². The molecule has 6 nitrogen and oxygen atoms in total. The lowest BCUT2D eigenvalue weighted by Gasteiger charge is -2.44. The molecule has 2 atom stereocenters. The molecule has 18 heavy (non-hydrogen) atoms. The van der Waals surface area contributed by atoms with Crippen LogP contribution in [0.25, 0.3) is 0 Å². The van der Waals surface area contributed by atoms with Gasteiger partial charge < -0.3 is 5.73 Å². The average molecular weight is 254 g/mol.